The number of nitrogens with zero attached hydrogens (tertiary/aromatic N) is 3. The summed E-state index contributed by atoms with van der Waals surface area (Å²) in [7, 11) is 0. The Labute approximate surface area is 111 Å². The number of fused-ring (bicyclic) bond motifs is 1. The van der Waals surface area contributed by atoms with Crippen molar-refractivity contribution >= 4 is 27.1 Å². The molecular formula is C9H5BrF5N3O. The van der Waals surface area contributed by atoms with Crippen LogP contribution < -0.4 is 0 Å². The molecule has 0 spiro atoms. The molecule has 0 aromatic carbocycles. The van der Waals surface area contributed by atoms with E-state index in [0.717, 1.165) is 0 Å². The maximum Gasteiger partial charge on any atom is 0.417 e. The minimum Gasteiger partial charge on any atom is -0.426 e. The zero-order valence-corrected chi connectivity index (χ0v) is 10.5. The summed E-state index contributed by atoms with van der Waals surface area (Å²) in [5.74, 6) is -4.61. The van der Waals surface area contributed by atoms with Gasteiger partial charge < -0.3 is 5.21 Å². The molecule has 1 N–H and O–H groups in total. The van der Waals surface area contributed by atoms with Crippen LogP contribution in [-0.2, 0) is 12.1 Å². The van der Waals surface area contributed by atoms with E-state index in [1.54, 1.807) is 0 Å². The van der Waals surface area contributed by atoms with Crippen LogP contribution in [0.15, 0.2) is 12.3 Å². The van der Waals surface area contributed by atoms with Crippen LogP contribution in [0.3, 0.4) is 0 Å². The Morgan fingerprint density at radius 3 is 2.42 bits per heavy atom. The topological polar surface area (TPSA) is 50.9 Å². The summed E-state index contributed by atoms with van der Waals surface area (Å²) >= 11 is 2.53. The lowest BCUT2D eigenvalue weighted by Crippen LogP contribution is -2.20. The van der Waals surface area contributed by atoms with Gasteiger partial charge in [-0.2, -0.15) is 26.7 Å². The maximum absolute atomic E-state index is 13.4. The van der Waals surface area contributed by atoms with Crippen LogP contribution in [0.4, 0.5) is 22.0 Å². The monoisotopic (exact) mass is 345 g/mol. The first-order chi connectivity index (χ1) is 8.66. The molecule has 0 bridgehead atoms. The van der Waals surface area contributed by atoms with Gasteiger partial charge in [0.25, 0.3) is 0 Å². The molecule has 2 aromatic rings. The largest absolute Gasteiger partial charge is 0.426 e. The third-order valence-electron chi connectivity index (χ3n) is 2.31. The van der Waals surface area contributed by atoms with E-state index in [1.165, 1.54) is 0 Å². The van der Waals surface area contributed by atoms with Crippen molar-refractivity contribution in [3.05, 3.63) is 23.7 Å². The zero-order chi connectivity index (χ0) is 14.4. The van der Waals surface area contributed by atoms with E-state index >= 15 is 0 Å². The number of halogens is 6. The second-order valence-electron chi connectivity index (χ2n) is 3.65. The van der Waals surface area contributed by atoms with Gasteiger partial charge >= 0.3 is 12.1 Å². The van der Waals surface area contributed by atoms with Crippen LogP contribution in [0.1, 0.15) is 11.4 Å². The fraction of sp³-hybridized carbons (Fsp3) is 0.333. The van der Waals surface area contributed by atoms with E-state index < -0.39 is 40.0 Å². The number of rotatable bonds is 2. The normalized spacial score (nSPS) is 13.2. The van der Waals surface area contributed by atoms with Gasteiger partial charge in [-0.1, -0.05) is 15.9 Å². The summed E-state index contributed by atoms with van der Waals surface area (Å²) in [6.45, 7) is 0. The third kappa shape index (κ3) is 2.36. The van der Waals surface area contributed by atoms with Gasteiger partial charge in [-0.25, -0.2) is 9.97 Å². The van der Waals surface area contributed by atoms with Gasteiger partial charge in [0.2, 0.25) is 5.82 Å². The number of aromatic nitrogens is 3. The van der Waals surface area contributed by atoms with Crippen LogP contribution in [0.2, 0.25) is 0 Å². The van der Waals surface area contributed by atoms with E-state index in [4.69, 9.17) is 0 Å². The summed E-state index contributed by atoms with van der Waals surface area (Å²) in [6.07, 6.45) is -4.23. The van der Waals surface area contributed by atoms with Crippen molar-refractivity contribution in [1.82, 2.24) is 14.7 Å². The van der Waals surface area contributed by atoms with E-state index in [2.05, 4.69) is 25.9 Å². The summed E-state index contributed by atoms with van der Waals surface area (Å²) in [4.78, 5) is 6.65. The number of pyridine rings is 1. The molecule has 0 aliphatic heterocycles. The SMILES string of the molecule is On1c(C(F)(F)CBr)nc2ncc(C(F)(F)F)cc21. The second-order valence-corrected chi connectivity index (χ2v) is 4.21. The molecular weight excluding hydrogens is 341 g/mol. The van der Waals surface area contributed by atoms with Gasteiger partial charge in [0.1, 0.15) is 5.52 Å². The van der Waals surface area contributed by atoms with Crippen LogP contribution in [0.5, 0.6) is 0 Å². The van der Waals surface area contributed by atoms with Crippen LogP contribution in [0, 0.1) is 0 Å². The molecule has 2 aromatic heterocycles. The van der Waals surface area contributed by atoms with Gasteiger partial charge in [-0.05, 0) is 6.07 Å². The smallest absolute Gasteiger partial charge is 0.417 e. The molecule has 0 amide bonds. The molecule has 0 unspecified atom stereocenters. The molecule has 2 heterocycles. The third-order valence-corrected chi connectivity index (χ3v) is 3.01. The Balaban J connectivity index is 2.66. The summed E-state index contributed by atoms with van der Waals surface area (Å²) in [5, 5.41) is 8.66. The Morgan fingerprint density at radius 1 is 1.26 bits per heavy atom. The van der Waals surface area contributed by atoms with Crippen molar-refractivity contribution in [3.8, 4) is 0 Å². The van der Waals surface area contributed by atoms with Gasteiger partial charge in [-0.3, -0.25) is 0 Å². The second kappa shape index (κ2) is 4.29. The minimum atomic E-state index is -4.69. The molecule has 0 aliphatic rings. The van der Waals surface area contributed by atoms with Crippen molar-refractivity contribution in [2.24, 2.45) is 0 Å². The molecule has 0 atom stereocenters. The molecule has 0 saturated heterocycles. The number of alkyl halides is 6. The summed E-state index contributed by atoms with van der Waals surface area (Å²) in [6, 6.07) is 0.503. The molecule has 0 fully saturated rings. The number of imidazole rings is 1. The summed E-state index contributed by atoms with van der Waals surface area (Å²) < 4.78 is 64.0. The van der Waals surface area contributed by atoms with Gasteiger partial charge in [0.15, 0.2) is 5.65 Å². The molecule has 2 rings (SSSR count). The molecule has 0 radical (unpaired) electrons. The first-order valence-electron chi connectivity index (χ1n) is 4.76. The molecule has 104 valence electrons. The van der Waals surface area contributed by atoms with Crippen molar-refractivity contribution < 1.29 is 27.2 Å². The highest BCUT2D eigenvalue weighted by atomic mass is 79.9. The summed E-state index contributed by atoms with van der Waals surface area (Å²) in [5.41, 5.74) is -2.10. The van der Waals surface area contributed by atoms with Gasteiger partial charge in [-0.15, -0.1) is 0 Å². The quantitative estimate of drug-likeness (QED) is 0.516. The predicted octanol–water partition coefficient (Wildman–Crippen LogP) is 3.17. The first-order valence-corrected chi connectivity index (χ1v) is 5.88. The average molecular weight is 346 g/mol. The first kappa shape index (κ1) is 14.0. The molecule has 10 heteroatoms. The lowest BCUT2D eigenvalue weighted by atomic mass is 10.2. The van der Waals surface area contributed by atoms with Crippen molar-refractivity contribution in [3.63, 3.8) is 0 Å². The van der Waals surface area contributed by atoms with E-state index in [0.29, 0.717) is 12.3 Å². The molecule has 0 saturated carbocycles. The van der Waals surface area contributed by atoms with Crippen LogP contribution in [-0.4, -0.2) is 25.2 Å². The van der Waals surface area contributed by atoms with Crippen molar-refractivity contribution in [2.75, 3.05) is 5.33 Å². The number of hydrogen-bond acceptors (Lipinski definition) is 3. The highest BCUT2D eigenvalue weighted by Crippen LogP contribution is 2.33. The fourth-order valence-electron chi connectivity index (χ4n) is 1.40. The van der Waals surface area contributed by atoms with E-state index in [-0.39, 0.29) is 4.73 Å². The van der Waals surface area contributed by atoms with Gasteiger partial charge in [0.05, 0.1) is 10.9 Å². The van der Waals surface area contributed by atoms with Crippen molar-refractivity contribution in [2.45, 2.75) is 12.1 Å². The van der Waals surface area contributed by atoms with Crippen LogP contribution in [0.25, 0.3) is 11.2 Å². The molecule has 4 nitrogen and oxygen atoms in total. The lowest BCUT2D eigenvalue weighted by Gasteiger charge is -2.11. The van der Waals surface area contributed by atoms with Crippen LogP contribution >= 0.6 is 15.9 Å². The predicted molar refractivity (Wildman–Crippen MR) is 57.4 cm³/mol. The van der Waals surface area contributed by atoms with Gasteiger partial charge in [0, 0.05) is 6.20 Å². The molecule has 0 aliphatic carbocycles. The Kier molecular flexibility index (Phi) is 3.15. The maximum atomic E-state index is 13.4. The number of hydrogen-bond donors (Lipinski definition) is 1. The average Bonchev–Trinajstić information content (AvgIpc) is 2.66. The Bertz CT molecular complexity index is 624. The van der Waals surface area contributed by atoms with E-state index in [1.807, 2.05) is 0 Å². The Hall–Kier alpha value is -1.45. The standard InChI is InChI=1S/C9H5BrF5N3O/c10-3-8(11,12)7-17-6-5(18(7)19)1-4(2-16-6)9(13,14)15/h1-2,19H,3H2. The highest BCUT2D eigenvalue weighted by molar-refractivity contribution is 9.09. The highest BCUT2D eigenvalue weighted by Gasteiger charge is 2.38. The Morgan fingerprint density at radius 2 is 1.89 bits per heavy atom. The van der Waals surface area contributed by atoms with Crippen molar-refractivity contribution in [1.29, 1.82) is 0 Å². The fourth-order valence-corrected chi connectivity index (χ4v) is 1.65. The lowest BCUT2D eigenvalue weighted by molar-refractivity contribution is -0.137. The zero-order valence-electron chi connectivity index (χ0n) is 8.92. The minimum absolute atomic E-state index is 0.0845. The molecule has 19 heavy (non-hydrogen) atoms. The van der Waals surface area contributed by atoms with E-state index in [9.17, 15) is 27.2 Å².